The molecule has 1 aromatic carbocycles. The number of hydrogen-bond acceptors (Lipinski definition) is 4. The third kappa shape index (κ3) is 3.12. The second-order valence-corrected chi connectivity index (χ2v) is 5.28. The molecule has 0 aliphatic rings. The van der Waals surface area contributed by atoms with Gasteiger partial charge < -0.3 is 14.7 Å². The first-order valence-corrected chi connectivity index (χ1v) is 7.19. The van der Waals surface area contributed by atoms with Gasteiger partial charge in [0.05, 0.1) is 17.5 Å². The molecule has 2 heterocycles. The van der Waals surface area contributed by atoms with Crippen LogP contribution in [0.1, 0.15) is 27.2 Å². The van der Waals surface area contributed by atoms with Crippen molar-refractivity contribution in [1.29, 1.82) is 0 Å². The predicted molar refractivity (Wildman–Crippen MR) is 82.0 cm³/mol. The van der Waals surface area contributed by atoms with Gasteiger partial charge >= 0.3 is 6.18 Å². The Morgan fingerprint density at radius 3 is 2.76 bits per heavy atom. The molecule has 0 spiro atoms. The van der Waals surface area contributed by atoms with E-state index in [0.717, 1.165) is 12.4 Å². The first-order valence-electron chi connectivity index (χ1n) is 7.19. The van der Waals surface area contributed by atoms with Crippen LogP contribution in [0.5, 0.6) is 0 Å². The highest BCUT2D eigenvalue weighted by Crippen LogP contribution is 2.31. The fourth-order valence-corrected chi connectivity index (χ4v) is 2.54. The molecule has 25 heavy (non-hydrogen) atoms. The third-order valence-corrected chi connectivity index (χ3v) is 3.66. The number of carbonyl (C=O) groups excluding carboxylic acids is 1. The van der Waals surface area contributed by atoms with Crippen LogP contribution in [0.4, 0.5) is 13.2 Å². The largest absolute Gasteiger partial charge is 0.442 e. The van der Waals surface area contributed by atoms with E-state index in [1.807, 2.05) is 0 Å². The summed E-state index contributed by atoms with van der Waals surface area (Å²) in [4.78, 5) is 30.4. The van der Waals surface area contributed by atoms with E-state index in [1.54, 1.807) is 0 Å². The van der Waals surface area contributed by atoms with Crippen molar-refractivity contribution in [2.24, 2.45) is 0 Å². The molecule has 0 bridgehead atoms. The highest BCUT2D eigenvalue weighted by atomic mass is 19.4. The van der Waals surface area contributed by atoms with Crippen LogP contribution >= 0.6 is 0 Å². The number of aromatic amines is 1. The van der Waals surface area contributed by atoms with E-state index in [2.05, 4.69) is 15.3 Å². The number of fused-ring (bicyclic) bond motifs is 1. The number of halogens is 3. The molecule has 3 aromatic rings. The van der Waals surface area contributed by atoms with Crippen LogP contribution in [0.15, 0.2) is 39.8 Å². The molecular weight excluding hydrogens is 339 g/mol. The third-order valence-electron chi connectivity index (χ3n) is 3.66. The Morgan fingerprint density at radius 1 is 1.32 bits per heavy atom. The number of rotatable bonds is 3. The molecule has 0 saturated heterocycles. The number of aromatic nitrogens is 2. The van der Waals surface area contributed by atoms with Gasteiger partial charge in [0.2, 0.25) is 5.71 Å². The van der Waals surface area contributed by atoms with Crippen molar-refractivity contribution >= 4 is 17.0 Å². The molecule has 9 heteroatoms. The average Bonchev–Trinajstić information content (AvgIpc) is 2.89. The van der Waals surface area contributed by atoms with E-state index in [0.29, 0.717) is 0 Å². The summed E-state index contributed by atoms with van der Waals surface area (Å²) >= 11 is 0. The van der Waals surface area contributed by atoms with Gasteiger partial charge in [0, 0.05) is 6.54 Å². The van der Waals surface area contributed by atoms with Crippen LogP contribution < -0.4 is 10.9 Å². The van der Waals surface area contributed by atoms with Gasteiger partial charge in [-0.3, -0.25) is 9.59 Å². The zero-order valence-electron chi connectivity index (χ0n) is 12.9. The first-order chi connectivity index (χ1) is 11.8. The summed E-state index contributed by atoms with van der Waals surface area (Å²) in [5.74, 6) is -0.562. The minimum atomic E-state index is -4.53. The fraction of sp³-hybridized carbons (Fsp3) is 0.188. The van der Waals surface area contributed by atoms with Crippen molar-refractivity contribution in [3.05, 3.63) is 63.4 Å². The zero-order valence-corrected chi connectivity index (χ0v) is 12.9. The van der Waals surface area contributed by atoms with Gasteiger partial charge in [0.1, 0.15) is 11.1 Å². The van der Waals surface area contributed by atoms with E-state index in [-0.39, 0.29) is 34.5 Å². The lowest BCUT2D eigenvalue weighted by Gasteiger charge is -2.13. The molecular formula is C16H12F3N3O3. The van der Waals surface area contributed by atoms with Gasteiger partial charge in [-0.15, -0.1) is 0 Å². The van der Waals surface area contributed by atoms with Crippen molar-refractivity contribution in [3.8, 4) is 0 Å². The fourth-order valence-electron chi connectivity index (χ4n) is 2.54. The molecule has 6 nitrogen and oxygen atoms in total. The van der Waals surface area contributed by atoms with E-state index < -0.39 is 23.2 Å². The maximum absolute atomic E-state index is 13.0. The van der Waals surface area contributed by atoms with E-state index in [1.165, 1.54) is 25.1 Å². The van der Waals surface area contributed by atoms with Gasteiger partial charge in [0.25, 0.3) is 11.5 Å². The Kier molecular flexibility index (Phi) is 4.07. The Labute approximate surface area is 138 Å². The molecule has 0 unspecified atom stereocenters. The van der Waals surface area contributed by atoms with Crippen molar-refractivity contribution in [3.63, 3.8) is 0 Å². The highest BCUT2D eigenvalue weighted by Gasteiger charge is 2.33. The number of alkyl halides is 3. The highest BCUT2D eigenvalue weighted by molar-refractivity contribution is 6.06. The van der Waals surface area contributed by atoms with Crippen molar-refractivity contribution in [2.45, 2.75) is 19.6 Å². The first kappa shape index (κ1) is 16.7. The standard InChI is InChI=1S/C16H12F3N3O3/c1-8-11(12-14(24)21-7-22-15(12)25-8)13(23)20-6-9-4-2-3-5-10(9)16(17,18)19/h2-5,7H,6H2,1H3,(H,20,23)(H,21,22,24). The van der Waals surface area contributed by atoms with Crippen LogP contribution in [0.3, 0.4) is 0 Å². The molecule has 2 N–H and O–H groups in total. The second kappa shape index (κ2) is 6.08. The van der Waals surface area contributed by atoms with E-state index in [4.69, 9.17) is 4.42 Å². The second-order valence-electron chi connectivity index (χ2n) is 5.28. The molecule has 0 aliphatic heterocycles. The molecule has 2 aromatic heterocycles. The lowest BCUT2D eigenvalue weighted by Crippen LogP contribution is -2.26. The normalized spacial score (nSPS) is 11.7. The molecule has 130 valence electrons. The van der Waals surface area contributed by atoms with Gasteiger partial charge in [-0.2, -0.15) is 13.2 Å². The molecule has 0 radical (unpaired) electrons. The van der Waals surface area contributed by atoms with Gasteiger partial charge in [-0.05, 0) is 18.6 Å². The molecule has 0 saturated carbocycles. The number of hydrogen-bond donors (Lipinski definition) is 2. The quantitative estimate of drug-likeness (QED) is 0.759. The lowest BCUT2D eigenvalue weighted by atomic mass is 10.1. The molecule has 3 rings (SSSR count). The number of aryl methyl sites for hydroxylation is 1. The Bertz CT molecular complexity index is 1010. The van der Waals surface area contributed by atoms with E-state index >= 15 is 0 Å². The molecule has 0 aliphatic carbocycles. The van der Waals surface area contributed by atoms with Crippen LogP contribution in [0.2, 0.25) is 0 Å². The van der Waals surface area contributed by atoms with Crippen LogP contribution in [0, 0.1) is 6.92 Å². The van der Waals surface area contributed by atoms with Gasteiger partial charge in [0.15, 0.2) is 0 Å². The number of nitrogens with one attached hydrogen (secondary N) is 2. The van der Waals surface area contributed by atoms with Crippen LogP contribution in [0.25, 0.3) is 11.1 Å². The summed E-state index contributed by atoms with van der Waals surface area (Å²) in [5.41, 5.74) is -1.54. The topological polar surface area (TPSA) is 88.0 Å². The number of benzene rings is 1. The van der Waals surface area contributed by atoms with Crippen molar-refractivity contribution < 1.29 is 22.4 Å². The smallest absolute Gasteiger partial charge is 0.416 e. The van der Waals surface area contributed by atoms with E-state index in [9.17, 15) is 22.8 Å². The number of carbonyl (C=O) groups is 1. The summed E-state index contributed by atoms with van der Waals surface area (Å²) in [6.45, 7) is 1.12. The SMILES string of the molecule is Cc1oc2nc[nH]c(=O)c2c1C(=O)NCc1ccccc1C(F)(F)F. The Balaban J connectivity index is 1.91. The summed E-state index contributed by atoms with van der Waals surface area (Å²) < 4.78 is 44.2. The molecule has 0 fully saturated rings. The van der Waals surface area contributed by atoms with Gasteiger partial charge in [-0.1, -0.05) is 18.2 Å². The average molecular weight is 351 g/mol. The lowest BCUT2D eigenvalue weighted by molar-refractivity contribution is -0.138. The van der Waals surface area contributed by atoms with Crippen LogP contribution in [-0.4, -0.2) is 15.9 Å². The number of amides is 1. The molecule has 0 atom stereocenters. The summed E-state index contributed by atoms with van der Waals surface area (Å²) in [7, 11) is 0. The number of H-pyrrole nitrogens is 1. The molecule has 1 amide bonds. The maximum Gasteiger partial charge on any atom is 0.416 e. The maximum atomic E-state index is 13.0. The number of furan rings is 1. The zero-order chi connectivity index (χ0) is 18.2. The predicted octanol–water partition coefficient (Wildman–Crippen LogP) is 2.77. The minimum Gasteiger partial charge on any atom is -0.442 e. The van der Waals surface area contributed by atoms with Crippen LogP contribution in [-0.2, 0) is 12.7 Å². The summed E-state index contributed by atoms with van der Waals surface area (Å²) in [5, 5.41) is 2.35. The Morgan fingerprint density at radius 2 is 2.04 bits per heavy atom. The van der Waals surface area contributed by atoms with Crippen molar-refractivity contribution in [2.75, 3.05) is 0 Å². The van der Waals surface area contributed by atoms with Crippen molar-refractivity contribution in [1.82, 2.24) is 15.3 Å². The van der Waals surface area contributed by atoms with Gasteiger partial charge in [-0.25, -0.2) is 4.98 Å². The monoisotopic (exact) mass is 351 g/mol. The number of nitrogens with zero attached hydrogens (tertiary/aromatic N) is 1. The Hall–Kier alpha value is -3.10. The summed E-state index contributed by atoms with van der Waals surface area (Å²) in [6.07, 6.45) is -3.39. The summed E-state index contributed by atoms with van der Waals surface area (Å²) in [6, 6.07) is 4.93. The minimum absolute atomic E-state index is 0.0120.